The van der Waals surface area contributed by atoms with Crippen LogP contribution in [-0.2, 0) is 4.79 Å². The second-order valence-corrected chi connectivity index (χ2v) is 4.85. The Morgan fingerprint density at radius 1 is 1.20 bits per heavy atom. The van der Waals surface area contributed by atoms with Gasteiger partial charge >= 0.3 is 0 Å². The second-order valence-electron chi connectivity index (χ2n) is 4.85. The molecule has 0 saturated carbocycles. The van der Waals surface area contributed by atoms with Gasteiger partial charge in [-0.25, -0.2) is 0 Å². The van der Waals surface area contributed by atoms with E-state index >= 15 is 0 Å². The predicted octanol–water partition coefficient (Wildman–Crippen LogP) is 1.96. The first-order chi connectivity index (χ1) is 9.33. The van der Waals surface area contributed by atoms with Gasteiger partial charge < -0.3 is 20.1 Å². The van der Waals surface area contributed by atoms with Crippen LogP contribution in [0.5, 0.6) is 11.5 Å². The topological polar surface area (TPSA) is 59.6 Å². The van der Waals surface area contributed by atoms with E-state index in [4.69, 9.17) is 9.47 Å². The standard InChI is InChI=1S/C14H18N2O3.ClH/c17-14(11-3-1-2-6-15-11)16-10-4-5-12-13(9-10)19-8-7-18-12;/h4-5,9,11,15H,1-3,6-8H2,(H,16,17);1H/t11-;/m1./s1. The number of benzene rings is 1. The highest BCUT2D eigenvalue weighted by atomic mass is 35.5. The lowest BCUT2D eigenvalue weighted by atomic mass is 10.0. The van der Waals surface area contributed by atoms with Gasteiger partial charge in [-0.3, -0.25) is 4.79 Å². The van der Waals surface area contributed by atoms with Crippen LogP contribution in [0.4, 0.5) is 5.69 Å². The summed E-state index contributed by atoms with van der Waals surface area (Å²) in [7, 11) is 0. The summed E-state index contributed by atoms with van der Waals surface area (Å²) in [5.74, 6) is 1.46. The summed E-state index contributed by atoms with van der Waals surface area (Å²) < 4.78 is 10.9. The zero-order valence-corrected chi connectivity index (χ0v) is 12.0. The maximum absolute atomic E-state index is 12.1. The highest BCUT2D eigenvalue weighted by Crippen LogP contribution is 2.32. The number of anilines is 1. The third kappa shape index (κ3) is 3.35. The van der Waals surface area contributed by atoms with Crippen molar-refractivity contribution in [1.29, 1.82) is 0 Å². The van der Waals surface area contributed by atoms with Crippen LogP contribution in [0.2, 0.25) is 0 Å². The van der Waals surface area contributed by atoms with Crippen molar-refractivity contribution in [3.63, 3.8) is 0 Å². The fraction of sp³-hybridized carbons (Fsp3) is 0.500. The number of fused-ring (bicyclic) bond motifs is 1. The van der Waals surface area contributed by atoms with E-state index in [1.165, 1.54) is 0 Å². The molecule has 110 valence electrons. The van der Waals surface area contributed by atoms with Gasteiger partial charge in [-0.2, -0.15) is 0 Å². The molecule has 2 heterocycles. The molecule has 0 aliphatic carbocycles. The molecule has 2 N–H and O–H groups in total. The minimum atomic E-state index is -0.0815. The van der Waals surface area contributed by atoms with Crippen molar-refractivity contribution in [3.05, 3.63) is 18.2 Å². The van der Waals surface area contributed by atoms with Gasteiger partial charge in [-0.1, -0.05) is 6.42 Å². The fourth-order valence-electron chi connectivity index (χ4n) is 2.43. The zero-order valence-electron chi connectivity index (χ0n) is 11.2. The summed E-state index contributed by atoms with van der Waals surface area (Å²) >= 11 is 0. The molecule has 3 rings (SSSR count). The van der Waals surface area contributed by atoms with E-state index in [1.54, 1.807) is 0 Å². The summed E-state index contributed by atoms with van der Waals surface area (Å²) in [6.45, 7) is 2.04. The fourth-order valence-corrected chi connectivity index (χ4v) is 2.43. The Labute approximate surface area is 124 Å². The molecule has 0 radical (unpaired) electrons. The molecule has 0 unspecified atom stereocenters. The Morgan fingerprint density at radius 3 is 2.75 bits per heavy atom. The molecule has 1 aromatic carbocycles. The minimum absolute atomic E-state index is 0. The van der Waals surface area contributed by atoms with Crippen molar-refractivity contribution in [2.45, 2.75) is 25.3 Å². The third-order valence-corrected chi connectivity index (χ3v) is 3.44. The lowest BCUT2D eigenvalue weighted by molar-refractivity contribution is -0.118. The first kappa shape index (κ1) is 14.9. The summed E-state index contributed by atoms with van der Waals surface area (Å²) in [5, 5.41) is 6.16. The molecule has 0 bridgehead atoms. The van der Waals surface area contributed by atoms with Gasteiger partial charge in [0.25, 0.3) is 0 Å². The average Bonchev–Trinajstić information content (AvgIpc) is 2.48. The van der Waals surface area contributed by atoms with Crippen LogP contribution in [0.1, 0.15) is 19.3 Å². The highest BCUT2D eigenvalue weighted by Gasteiger charge is 2.21. The Morgan fingerprint density at radius 2 is 2.00 bits per heavy atom. The quantitative estimate of drug-likeness (QED) is 0.876. The van der Waals surface area contributed by atoms with Crippen LogP contribution in [0.15, 0.2) is 18.2 Å². The van der Waals surface area contributed by atoms with Crippen molar-refractivity contribution < 1.29 is 14.3 Å². The molecule has 1 saturated heterocycles. The molecule has 5 nitrogen and oxygen atoms in total. The van der Waals surface area contributed by atoms with Gasteiger partial charge in [-0.05, 0) is 31.5 Å². The van der Waals surface area contributed by atoms with E-state index in [0.29, 0.717) is 19.0 Å². The zero-order chi connectivity index (χ0) is 13.1. The van der Waals surface area contributed by atoms with Crippen LogP contribution in [0, 0.1) is 0 Å². The number of ether oxygens (including phenoxy) is 2. The van der Waals surface area contributed by atoms with Gasteiger partial charge in [-0.15, -0.1) is 12.4 Å². The van der Waals surface area contributed by atoms with Gasteiger partial charge in [0.1, 0.15) is 13.2 Å². The molecule has 6 heteroatoms. The number of rotatable bonds is 2. The highest BCUT2D eigenvalue weighted by molar-refractivity contribution is 5.95. The smallest absolute Gasteiger partial charge is 0.241 e. The molecule has 1 fully saturated rings. The number of hydrogen-bond acceptors (Lipinski definition) is 4. The third-order valence-electron chi connectivity index (χ3n) is 3.44. The van der Waals surface area contributed by atoms with E-state index in [2.05, 4.69) is 10.6 Å². The number of halogens is 1. The maximum atomic E-state index is 12.1. The SMILES string of the molecule is Cl.O=C(Nc1ccc2c(c1)OCCO2)[C@H]1CCCCN1. The Bertz CT molecular complexity index is 475. The molecule has 2 aliphatic heterocycles. The van der Waals surface area contributed by atoms with E-state index in [1.807, 2.05) is 18.2 Å². The van der Waals surface area contributed by atoms with Gasteiger partial charge in [0, 0.05) is 11.8 Å². The monoisotopic (exact) mass is 298 g/mol. The number of nitrogens with one attached hydrogen (secondary N) is 2. The summed E-state index contributed by atoms with van der Waals surface area (Å²) in [4.78, 5) is 12.1. The molecule has 2 aliphatic rings. The molecule has 20 heavy (non-hydrogen) atoms. The molecule has 1 aromatic rings. The van der Waals surface area contributed by atoms with Gasteiger partial charge in [0.15, 0.2) is 11.5 Å². The number of carbonyl (C=O) groups excluding carboxylic acids is 1. The van der Waals surface area contributed by atoms with E-state index < -0.39 is 0 Å². The van der Waals surface area contributed by atoms with E-state index in [9.17, 15) is 4.79 Å². The second kappa shape index (κ2) is 6.81. The van der Waals surface area contributed by atoms with Crippen LogP contribution < -0.4 is 20.1 Å². The largest absolute Gasteiger partial charge is 0.486 e. The number of piperidine rings is 1. The van der Waals surface area contributed by atoms with Crippen molar-refractivity contribution in [1.82, 2.24) is 5.32 Å². The molecule has 1 atom stereocenters. The van der Waals surface area contributed by atoms with Crippen molar-refractivity contribution in [3.8, 4) is 11.5 Å². The summed E-state index contributed by atoms with van der Waals surface area (Å²) in [6, 6.07) is 5.41. The van der Waals surface area contributed by atoms with Crippen molar-refractivity contribution in [2.24, 2.45) is 0 Å². The van der Waals surface area contributed by atoms with Crippen molar-refractivity contribution >= 4 is 24.0 Å². The van der Waals surface area contributed by atoms with Crippen molar-refractivity contribution in [2.75, 3.05) is 25.1 Å². The van der Waals surface area contributed by atoms with E-state index in [0.717, 1.165) is 37.2 Å². The molecular weight excluding hydrogens is 280 g/mol. The number of carbonyl (C=O) groups is 1. The van der Waals surface area contributed by atoms with Crippen LogP contribution >= 0.6 is 12.4 Å². The Kier molecular flexibility index (Phi) is 5.09. The van der Waals surface area contributed by atoms with Crippen LogP contribution in [0.3, 0.4) is 0 Å². The predicted molar refractivity (Wildman–Crippen MR) is 79.0 cm³/mol. The summed E-state index contributed by atoms with van der Waals surface area (Å²) in [6.07, 6.45) is 3.15. The maximum Gasteiger partial charge on any atom is 0.241 e. The Hall–Kier alpha value is -1.46. The molecule has 0 spiro atoms. The number of amides is 1. The lowest BCUT2D eigenvalue weighted by Crippen LogP contribution is -2.43. The van der Waals surface area contributed by atoms with E-state index in [-0.39, 0.29) is 24.4 Å². The van der Waals surface area contributed by atoms with Crippen LogP contribution in [0.25, 0.3) is 0 Å². The lowest BCUT2D eigenvalue weighted by Gasteiger charge is -2.23. The Balaban J connectivity index is 0.00000147. The molecule has 1 amide bonds. The molecule has 0 aromatic heterocycles. The van der Waals surface area contributed by atoms with Crippen LogP contribution in [-0.4, -0.2) is 31.7 Å². The summed E-state index contributed by atoms with van der Waals surface area (Å²) in [5.41, 5.74) is 0.752. The first-order valence-corrected chi connectivity index (χ1v) is 6.77. The normalized spacial score (nSPS) is 20.7. The number of hydrogen-bond donors (Lipinski definition) is 2. The minimum Gasteiger partial charge on any atom is -0.486 e. The average molecular weight is 299 g/mol. The van der Waals surface area contributed by atoms with Gasteiger partial charge in [0.2, 0.25) is 5.91 Å². The van der Waals surface area contributed by atoms with Gasteiger partial charge in [0.05, 0.1) is 6.04 Å². The molecular formula is C14H19ClN2O3. The first-order valence-electron chi connectivity index (χ1n) is 6.77.